The Morgan fingerprint density at radius 3 is 2.26 bits per heavy atom. The molecule has 13 nitrogen and oxygen atoms in total. The van der Waals surface area contributed by atoms with Crippen LogP contribution in [0.3, 0.4) is 0 Å². The second kappa shape index (κ2) is 11.6. The largest absolute Gasteiger partial charge is 0.467 e. The molecule has 0 aromatic rings. The normalized spacial score (nSPS) is 39.5. The van der Waals surface area contributed by atoms with Gasteiger partial charge in [-0.15, -0.1) is 0 Å². The van der Waals surface area contributed by atoms with Gasteiger partial charge in [0.25, 0.3) is 0 Å². The van der Waals surface area contributed by atoms with Gasteiger partial charge in [-0.1, -0.05) is 20.8 Å². The fourth-order valence-corrected chi connectivity index (χ4v) is 6.24. The van der Waals surface area contributed by atoms with Crippen LogP contribution < -0.4 is 5.32 Å². The number of carbonyl (C=O) groups is 3. The molecule has 11 atom stereocenters. The van der Waals surface area contributed by atoms with E-state index in [4.69, 9.17) is 14.2 Å². The van der Waals surface area contributed by atoms with Crippen molar-refractivity contribution in [1.29, 1.82) is 0 Å². The first-order valence-electron chi connectivity index (χ1n) is 13.2. The lowest BCUT2D eigenvalue weighted by Gasteiger charge is -2.44. The molecular weight excluding hydrogens is 518 g/mol. The standard InChI is InChI=1S/C26H43NO12/c1-12(22(34)36-6)27-17(29)9-25(4,35)10-18(30)37-11-15-19(31)20(32)21(33)23(38-15)39-16-7-13-14(28)8-26(16,5)24(13,2)3/h12-16,19-21,23,28,31-33,35H,7-11H2,1-6H3,(H,27,29)/t12-,13-,14+,15+,16-,19+,20-,21+,23-,25-,26-/m0/s1. The van der Waals surface area contributed by atoms with E-state index in [2.05, 4.69) is 23.9 Å². The maximum atomic E-state index is 12.4. The summed E-state index contributed by atoms with van der Waals surface area (Å²) >= 11 is 0. The molecule has 3 rings (SSSR count). The molecule has 2 bridgehead atoms. The minimum absolute atomic E-state index is 0.000879. The van der Waals surface area contributed by atoms with Crippen LogP contribution in [0.25, 0.3) is 0 Å². The van der Waals surface area contributed by atoms with Crippen molar-refractivity contribution in [2.75, 3.05) is 13.7 Å². The van der Waals surface area contributed by atoms with E-state index in [1.54, 1.807) is 0 Å². The highest BCUT2D eigenvalue weighted by Crippen LogP contribution is 2.66. The number of aliphatic hydroxyl groups is 5. The van der Waals surface area contributed by atoms with Crippen molar-refractivity contribution in [3.05, 3.63) is 0 Å². The maximum absolute atomic E-state index is 12.4. The van der Waals surface area contributed by atoms with Crippen molar-refractivity contribution in [2.24, 2.45) is 16.7 Å². The van der Waals surface area contributed by atoms with Crippen molar-refractivity contribution in [3.8, 4) is 0 Å². The number of nitrogens with one attached hydrogen (secondary N) is 1. The molecule has 2 aliphatic carbocycles. The van der Waals surface area contributed by atoms with Crippen LogP contribution in [0.1, 0.15) is 60.3 Å². The molecule has 0 spiro atoms. The fourth-order valence-electron chi connectivity index (χ4n) is 6.24. The van der Waals surface area contributed by atoms with E-state index in [1.807, 2.05) is 6.92 Å². The van der Waals surface area contributed by atoms with Gasteiger partial charge in [-0.25, -0.2) is 4.79 Å². The minimum Gasteiger partial charge on any atom is -0.467 e. The van der Waals surface area contributed by atoms with Crippen LogP contribution in [0, 0.1) is 16.7 Å². The van der Waals surface area contributed by atoms with Gasteiger partial charge in [-0.3, -0.25) is 9.59 Å². The number of methoxy groups -OCH3 is 1. The zero-order valence-electron chi connectivity index (χ0n) is 23.3. The second-order valence-corrected chi connectivity index (χ2v) is 12.2. The van der Waals surface area contributed by atoms with Crippen LogP contribution in [0.5, 0.6) is 0 Å². The summed E-state index contributed by atoms with van der Waals surface area (Å²) in [4.78, 5) is 36.0. The van der Waals surface area contributed by atoms with Crippen LogP contribution in [-0.4, -0.2) is 112 Å². The SMILES string of the molecule is COC(=O)[C@H](C)NC(=O)C[C@](C)(O)CC(=O)OC[C@H]1O[C@@H](O[C@H]2C[C@H]3[C@H](O)C[C@]2(C)C3(C)C)[C@H](O)[C@@H](O)[C@@H]1O. The summed E-state index contributed by atoms with van der Waals surface area (Å²) in [5, 5.41) is 54.6. The molecule has 0 radical (unpaired) electrons. The average Bonchev–Trinajstić information content (AvgIpc) is 3.12. The average molecular weight is 562 g/mol. The first-order chi connectivity index (χ1) is 17.9. The Morgan fingerprint density at radius 1 is 1.08 bits per heavy atom. The molecule has 6 N–H and O–H groups in total. The molecule has 0 unspecified atom stereocenters. The molecule has 1 saturated heterocycles. The highest BCUT2D eigenvalue weighted by molar-refractivity contribution is 5.85. The number of aliphatic hydroxyl groups excluding tert-OH is 4. The third-order valence-electron chi connectivity index (χ3n) is 9.05. The minimum atomic E-state index is -1.81. The number of carbonyl (C=O) groups excluding carboxylic acids is 3. The lowest BCUT2D eigenvalue weighted by atomic mass is 9.70. The molecule has 3 fully saturated rings. The Balaban J connectivity index is 1.54. The van der Waals surface area contributed by atoms with E-state index in [0.29, 0.717) is 12.8 Å². The van der Waals surface area contributed by atoms with Gasteiger partial charge < -0.3 is 49.8 Å². The molecule has 3 aliphatic rings. The smallest absolute Gasteiger partial charge is 0.328 e. The van der Waals surface area contributed by atoms with Gasteiger partial charge in [0.1, 0.15) is 37.1 Å². The maximum Gasteiger partial charge on any atom is 0.328 e. The van der Waals surface area contributed by atoms with Gasteiger partial charge in [-0.05, 0) is 38.0 Å². The van der Waals surface area contributed by atoms with E-state index < -0.39 is 91.2 Å². The Kier molecular flexibility index (Phi) is 9.38. The summed E-state index contributed by atoms with van der Waals surface area (Å²) in [6.45, 7) is 8.28. The van der Waals surface area contributed by atoms with Gasteiger partial charge in [0, 0.05) is 5.41 Å². The van der Waals surface area contributed by atoms with Gasteiger partial charge >= 0.3 is 11.9 Å². The Hall–Kier alpha value is -1.87. The van der Waals surface area contributed by atoms with E-state index in [9.17, 15) is 39.9 Å². The van der Waals surface area contributed by atoms with Crippen LogP contribution in [0.15, 0.2) is 0 Å². The number of hydrogen-bond donors (Lipinski definition) is 6. The van der Waals surface area contributed by atoms with Crippen LogP contribution >= 0.6 is 0 Å². The Morgan fingerprint density at radius 2 is 1.72 bits per heavy atom. The molecule has 2 saturated carbocycles. The highest BCUT2D eigenvalue weighted by atomic mass is 16.7. The van der Waals surface area contributed by atoms with Crippen molar-refractivity contribution in [1.82, 2.24) is 5.32 Å². The first kappa shape index (κ1) is 31.7. The lowest BCUT2D eigenvalue weighted by molar-refractivity contribution is -0.320. The Bertz CT molecular complexity index is 925. The van der Waals surface area contributed by atoms with Crippen molar-refractivity contribution >= 4 is 17.8 Å². The van der Waals surface area contributed by atoms with Crippen LogP contribution in [0.2, 0.25) is 0 Å². The molecule has 1 amide bonds. The summed E-state index contributed by atoms with van der Waals surface area (Å²) < 4.78 is 21.5. The second-order valence-electron chi connectivity index (χ2n) is 12.2. The third kappa shape index (κ3) is 6.39. The van der Waals surface area contributed by atoms with E-state index >= 15 is 0 Å². The number of amides is 1. The summed E-state index contributed by atoms with van der Waals surface area (Å²) in [7, 11) is 1.17. The van der Waals surface area contributed by atoms with Gasteiger partial charge in [0.15, 0.2) is 6.29 Å². The molecule has 0 aromatic heterocycles. The summed E-state index contributed by atoms with van der Waals surface area (Å²) in [6, 6.07) is -0.940. The number of hydrogen-bond acceptors (Lipinski definition) is 12. The number of fused-ring (bicyclic) bond motifs is 2. The Labute approximate surface area is 227 Å². The quantitative estimate of drug-likeness (QED) is 0.173. The number of rotatable bonds is 10. The van der Waals surface area contributed by atoms with Gasteiger partial charge in [0.2, 0.25) is 5.91 Å². The van der Waals surface area contributed by atoms with Crippen molar-refractivity contribution < 1.29 is 58.9 Å². The number of esters is 2. The number of ether oxygens (including phenoxy) is 4. The highest BCUT2D eigenvalue weighted by Gasteiger charge is 2.66. The molecule has 224 valence electrons. The summed E-state index contributed by atoms with van der Waals surface area (Å²) in [6.07, 6.45) is -8.21. The van der Waals surface area contributed by atoms with E-state index in [1.165, 1.54) is 21.0 Å². The topological polar surface area (TPSA) is 201 Å². The van der Waals surface area contributed by atoms with E-state index in [-0.39, 0.29) is 17.4 Å². The molecular formula is C26H43NO12. The van der Waals surface area contributed by atoms with Crippen LogP contribution in [-0.2, 0) is 33.3 Å². The first-order valence-corrected chi connectivity index (χ1v) is 13.2. The van der Waals surface area contributed by atoms with Crippen molar-refractivity contribution in [2.45, 2.75) is 115 Å². The zero-order valence-corrected chi connectivity index (χ0v) is 23.3. The summed E-state index contributed by atoms with van der Waals surface area (Å²) in [5.41, 5.74) is -2.44. The lowest BCUT2D eigenvalue weighted by Crippen LogP contribution is -2.60. The molecule has 0 aromatic carbocycles. The van der Waals surface area contributed by atoms with Gasteiger partial charge in [-0.2, -0.15) is 0 Å². The van der Waals surface area contributed by atoms with Gasteiger partial charge in [0.05, 0.1) is 37.8 Å². The van der Waals surface area contributed by atoms with Crippen molar-refractivity contribution in [3.63, 3.8) is 0 Å². The zero-order chi connectivity index (χ0) is 29.5. The molecule has 39 heavy (non-hydrogen) atoms. The predicted octanol–water partition coefficient (Wildman–Crippen LogP) is -1.25. The monoisotopic (exact) mass is 561 g/mol. The fraction of sp³-hybridized carbons (Fsp3) is 0.885. The molecule has 1 aliphatic heterocycles. The van der Waals surface area contributed by atoms with E-state index in [0.717, 1.165) is 0 Å². The third-order valence-corrected chi connectivity index (χ3v) is 9.05. The van der Waals surface area contributed by atoms with Crippen LogP contribution in [0.4, 0.5) is 0 Å². The predicted molar refractivity (Wildman–Crippen MR) is 133 cm³/mol. The molecule has 1 heterocycles. The summed E-state index contributed by atoms with van der Waals surface area (Å²) in [5.74, 6) is -2.25. The molecule has 13 heteroatoms.